The highest BCUT2D eigenvalue weighted by atomic mass is 19.2. The van der Waals surface area contributed by atoms with E-state index in [1.54, 1.807) is 4.68 Å². The summed E-state index contributed by atoms with van der Waals surface area (Å²) in [5, 5.41) is 8.20. The number of hydrogen-bond acceptors (Lipinski definition) is 4. The lowest BCUT2D eigenvalue weighted by molar-refractivity contribution is -0.116. The van der Waals surface area contributed by atoms with Crippen molar-refractivity contribution in [1.29, 1.82) is 0 Å². The van der Waals surface area contributed by atoms with Gasteiger partial charge in [-0.1, -0.05) is 18.2 Å². The second-order valence-electron chi connectivity index (χ2n) is 7.66. The summed E-state index contributed by atoms with van der Waals surface area (Å²) in [5.41, 5.74) is 4.38. The maximum atomic E-state index is 13.4. The molecule has 0 spiro atoms. The Morgan fingerprint density at radius 2 is 1.85 bits per heavy atom. The first-order valence-corrected chi connectivity index (χ1v) is 10.7. The Balaban J connectivity index is 1.64. The fourth-order valence-electron chi connectivity index (χ4n) is 3.87. The fraction of sp³-hybridized carbons (Fsp3) is 0.240. The van der Waals surface area contributed by atoms with Crippen LogP contribution in [-0.4, -0.2) is 27.3 Å². The van der Waals surface area contributed by atoms with Crippen LogP contribution in [0, 0.1) is 25.5 Å². The standard InChI is InChI=1S/C25H24F2N4O2/c1-4-33-25-19(11-13-22(32)28-17-10-12-20(26)21(27)14-17)15(2)23-16(3)30-31(24(23)29-25)18-8-6-5-7-9-18/h5-10,12,14H,4,11,13H2,1-3H3,(H,28,32). The van der Waals surface area contributed by atoms with Gasteiger partial charge in [0.1, 0.15) is 0 Å². The largest absolute Gasteiger partial charge is 0.478 e. The summed E-state index contributed by atoms with van der Waals surface area (Å²) >= 11 is 0. The van der Waals surface area contributed by atoms with Crippen LogP contribution >= 0.6 is 0 Å². The summed E-state index contributed by atoms with van der Waals surface area (Å²) in [5.74, 6) is -1.83. The Morgan fingerprint density at radius 3 is 2.55 bits per heavy atom. The van der Waals surface area contributed by atoms with Gasteiger partial charge in [0, 0.05) is 29.1 Å². The van der Waals surface area contributed by atoms with Crippen molar-refractivity contribution >= 4 is 22.6 Å². The molecule has 1 N–H and O–H groups in total. The van der Waals surface area contributed by atoms with E-state index in [1.807, 2.05) is 51.1 Å². The summed E-state index contributed by atoms with van der Waals surface area (Å²) < 4.78 is 34.2. The molecule has 2 heterocycles. The van der Waals surface area contributed by atoms with E-state index in [2.05, 4.69) is 10.4 Å². The van der Waals surface area contributed by atoms with Crippen molar-refractivity contribution in [1.82, 2.24) is 14.8 Å². The third-order valence-corrected chi connectivity index (χ3v) is 5.42. The first-order valence-electron chi connectivity index (χ1n) is 10.7. The lowest BCUT2D eigenvalue weighted by Gasteiger charge is -2.14. The maximum absolute atomic E-state index is 13.4. The molecule has 0 saturated carbocycles. The van der Waals surface area contributed by atoms with Gasteiger partial charge in [-0.2, -0.15) is 10.1 Å². The average Bonchev–Trinajstić information content (AvgIpc) is 3.13. The highest BCUT2D eigenvalue weighted by Crippen LogP contribution is 2.32. The van der Waals surface area contributed by atoms with Crippen molar-refractivity contribution in [2.75, 3.05) is 11.9 Å². The third-order valence-electron chi connectivity index (χ3n) is 5.42. The lowest BCUT2D eigenvalue weighted by atomic mass is 10.0. The number of benzene rings is 2. The van der Waals surface area contributed by atoms with E-state index in [9.17, 15) is 13.6 Å². The quantitative estimate of drug-likeness (QED) is 0.416. The number of amides is 1. The second kappa shape index (κ2) is 9.36. The summed E-state index contributed by atoms with van der Waals surface area (Å²) in [6.07, 6.45) is 0.495. The predicted octanol–water partition coefficient (Wildman–Crippen LogP) is 5.29. The molecule has 0 radical (unpaired) electrons. The van der Waals surface area contributed by atoms with Crippen molar-refractivity contribution < 1.29 is 18.3 Å². The highest BCUT2D eigenvalue weighted by Gasteiger charge is 2.20. The normalized spacial score (nSPS) is 11.1. The van der Waals surface area contributed by atoms with Crippen LogP contribution in [0.4, 0.5) is 14.5 Å². The number of rotatable bonds is 7. The smallest absolute Gasteiger partial charge is 0.224 e. The molecule has 0 atom stereocenters. The molecule has 4 aromatic rings. The Morgan fingerprint density at radius 1 is 1.09 bits per heavy atom. The molecule has 170 valence electrons. The van der Waals surface area contributed by atoms with Gasteiger partial charge >= 0.3 is 0 Å². The molecule has 0 aliphatic rings. The maximum Gasteiger partial charge on any atom is 0.224 e. The van der Waals surface area contributed by atoms with Crippen molar-refractivity contribution in [2.24, 2.45) is 0 Å². The molecule has 1 amide bonds. The predicted molar refractivity (Wildman–Crippen MR) is 123 cm³/mol. The molecule has 8 heteroatoms. The van der Waals surface area contributed by atoms with Crippen LogP contribution in [0.2, 0.25) is 0 Å². The Bertz CT molecular complexity index is 1320. The summed E-state index contributed by atoms with van der Waals surface area (Å²) in [6.45, 7) is 6.19. The average molecular weight is 450 g/mol. The topological polar surface area (TPSA) is 69.0 Å². The number of anilines is 1. The van der Waals surface area contributed by atoms with E-state index in [1.165, 1.54) is 6.07 Å². The number of nitrogens with one attached hydrogen (secondary N) is 1. The molecule has 0 aliphatic heterocycles. The minimum atomic E-state index is -1.01. The van der Waals surface area contributed by atoms with E-state index in [0.717, 1.165) is 40.0 Å². The molecule has 4 rings (SSSR count). The van der Waals surface area contributed by atoms with Gasteiger partial charge in [-0.05, 0) is 57.0 Å². The van der Waals surface area contributed by atoms with E-state index >= 15 is 0 Å². The first kappa shape index (κ1) is 22.4. The molecule has 6 nitrogen and oxygen atoms in total. The van der Waals surface area contributed by atoms with Crippen LogP contribution in [0.3, 0.4) is 0 Å². The van der Waals surface area contributed by atoms with Crippen molar-refractivity contribution in [3.05, 3.63) is 77.0 Å². The van der Waals surface area contributed by atoms with Gasteiger partial charge in [0.25, 0.3) is 0 Å². The molecule has 0 saturated heterocycles. The molecule has 2 aromatic heterocycles. The summed E-state index contributed by atoms with van der Waals surface area (Å²) in [6, 6.07) is 13.0. The zero-order valence-corrected chi connectivity index (χ0v) is 18.7. The number of aromatic nitrogens is 3. The summed E-state index contributed by atoms with van der Waals surface area (Å²) in [7, 11) is 0. The van der Waals surface area contributed by atoms with E-state index < -0.39 is 11.6 Å². The fourth-order valence-corrected chi connectivity index (χ4v) is 3.87. The SMILES string of the molecule is CCOc1nc2c(c(C)nn2-c2ccccc2)c(C)c1CCC(=O)Nc1ccc(F)c(F)c1. The van der Waals surface area contributed by atoms with Gasteiger partial charge in [0.05, 0.1) is 18.0 Å². The number of pyridine rings is 1. The first-order chi connectivity index (χ1) is 15.9. The van der Waals surface area contributed by atoms with Gasteiger partial charge in [-0.3, -0.25) is 4.79 Å². The molecule has 0 unspecified atom stereocenters. The number of aryl methyl sites for hydroxylation is 2. The summed E-state index contributed by atoms with van der Waals surface area (Å²) in [4.78, 5) is 17.2. The third kappa shape index (κ3) is 4.55. The van der Waals surface area contributed by atoms with Gasteiger partial charge in [-0.25, -0.2) is 13.5 Å². The number of para-hydroxylation sites is 1. The minimum absolute atomic E-state index is 0.124. The molecular weight excluding hydrogens is 426 g/mol. The lowest BCUT2D eigenvalue weighted by Crippen LogP contribution is -2.14. The van der Waals surface area contributed by atoms with Crippen LogP contribution in [0.25, 0.3) is 16.7 Å². The minimum Gasteiger partial charge on any atom is -0.478 e. The van der Waals surface area contributed by atoms with Crippen molar-refractivity contribution in [3.8, 4) is 11.6 Å². The van der Waals surface area contributed by atoms with E-state index in [0.29, 0.717) is 24.6 Å². The Hall–Kier alpha value is -3.81. The Labute approximate surface area is 190 Å². The number of hydrogen-bond donors (Lipinski definition) is 1. The molecule has 0 aliphatic carbocycles. The Kier molecular flexibility index (Phi) is 6.35. The second-order valence-corrected chi connectivity index (χ2v) is 7.66. The zero-order chi connectivity index (χ0) is 23.5. The zero-order valence-electron chi connectivity index (χ0n) is 18.7. The van der Waals surface area contributed by atoms with Crippen LogP contribution in [0.15, 0.2) is 48.5 Å². The molecule has 2 aromatic carbocycles. The number of carbonyl (C=O) groups excluding carboxylic acids is 1. The van der Waals surface area contributed by atoms with Crippen molar-refractivity contribution in [3.63, 3.8) is 0 Å². The number of fused-ring (bicyclic) bond motifs is 1. The highest BCUT2D eigenvalue weighted by molar-refractivity contribution is 5.91. The molecular formula is C25H24F2N4O2. The van der Waals surface area contributed by atoms with Crippen LogP contribution in [0.1, 0.15) is 30.2 Å². The monoisotopic (exact) mass is 450 g/mol. The number of ether oxygens (including phenoxy) is 1. The molecule has 0 bridgehead atoms. The molecule has 0 fully saturated rings. The van der Waals surface area contributed by atoms with Gasteiger partial charge in [-0.15, -0.1) is 0 Å². The van der Waals surface area contributed by atoms with E-state index in [-0.39, 0.29) is 18.0 Å². The van der Waals surface area contributed by atoms with Gasteiger partial charge in [0.2, 0.25) is 11.8 Å². The van der Waals surface area contributed by atoms with Gasteiger partial charge in [0.15, 0.2) is 17.3 Å². The van der Waals surface area contributed by atoms with Crippen LogP contribution < -0.4 is 10.1 Å². The van der Waals surface area contributed by atoms with Crippen molar-refractivity contribution in [2.45, 2.75) is 33.6 Å². The van der Waals surface area contributed by atoms with Crippen LogP contribution in [0.5, 0.6) is 5.88 Å². The number of halogens is 2. The number of nitrogens with zero attached hydrogens (tertiary/aromatic N) is 3. The van der Waals surface area contributed by atoms with Gasteiger partial charge < -0.3 is 10.1 Å². The number of carbonyl (C=O) groups is 1. The van der Waals surface area contributed by atoms with E-state index in [4.69, 9.17) is 9.72 Å². The van der Waals surface area contributed by atoms with Crippen LogP contribution in [-0.2, 0) is 11.2 Å². The molecule has 33 heavy (non-hydrogen) atoms.